The first-order valence-electron chi connectivity index (χ1n) is 8.26. The summed E-state index contributed by atoms with van der Waals surface area (Å²) in [7, 11) is 0. The van der Waals surface area contributed by atoms with Gasteiger partial charge in [-0.1, -0.05) is 48.5 Å². The fourth-order valence-corrected chi connectivity index (χ4v) is 3.09. The average molecular weight is 328 g/mol. The molecule has 0 saturated carbocycles. The molecule has 3 heteroatoms. The molecule has 3 nitrogen and oxygen atoms in total. The third-order valence-corrected chi connectivity index (χ3v) is 4.33. The number of hydrogen-bond acceptors (Lipinski definition) is 2. The number of ketones is 1. The summed E-state index contributed by atoms with van der Waals surface area (Å²) < 4.78 is 7.99. The van der Waals surface area contributed by atoms with Gasteiger partial charge in [-0.25, -0.2) is 0 Å². The predicted molar refractivity (Wildman–Crippen MR) is 98.1 cm³/mol. The van der Waals surface area contributed by atoms with Crippen LogP contribution in [0.25, 0.3) is 0 Å². The van der Waals surface area contributed by atoms with Crippen LogP contribution < -0.4 is 4.74 Å². The fourth-order valence-electron chi connectivity index (χ4n) is 3.09. The van der Waals surface area contributed by atoms with E-state index in [1.54, 1.807) is 0 Å². The molecule has 122 valence electrons. The van der Waals surface area contributed by atoms with Gasteiger partial charge in [-0.2, -0.15) is 4.58 Å². The molecule has 0 fully saturated rings. The van der Waals surface area contributed by atoms with Gasteiger partial charge in [0.15, 0.2) is 12.0 Å². The van der Waals surface area contributed by atoms with E-state index < -0.39 is 0 Å². The molecule has 0 unspecified atom stereocenters. The zero-order valence-corrected chi connectivity index (χ0v) is 14.0. The second-order valence-electron chi connectivity index (χ2n) is 6.11. The molecule has 4 rings (SSSR count). The van der Waals surface area contributed by atoms with E-state index in [1.807, 2.05) is 90.5 Å². The Bertz CT molecular complexity index is 960. The largest absolute Gasteiger partial charge is 0.435 e. The number of carbonyl (C=O) groups is 1. The van der Waals surface area contributed by atoms with Crippen molar-refractivity contribution in [2.24, 2.45) is 0 Å². The van der Waals surface area contributed by atoms with Gasteiger partial charge in [-0.15, -0.1) is 0 Å². The van der Waals surface area contributed by atoms with Gasteiger partial charge in [0.05, 0.1) is 5.56 Å². The smallest absolute Gasteiger partial charge is 0.292 e. The molecule has 0 amide bonds. The van der Waals surface area contributed by atoms with Gasteiger partial charge < -0.3 is 4.74 Å². The van der Waals surface area contributed by atoms with Crippen LogP contribution in [0.15, 0.2) is 72.8 Å². The van der Waals surface area contributed by atoms with Crippen LogP contribution in [0.3, 0.4) is 0 Å². The molecule has 3 aromatic carbocycles. The Morgan fingerprint density at radius 2 is 1.60 bits per heavy atom. The van der Waals surface area contributed by atoms with Crippen LogP contribution >= 0.6 is 0 Å². The summed E-state index contributed by atoms with van der Waals surface area (Å²) in [5.74, 6) is 0.869. The molecule has 0 N–H and O–H groups in total. The first-order chi connectivity index (χ1) is 12.2. The van der Waals surface area contributed by atoms with Crippen molar-refractivity contribution in [3.63, 3.8) is 0 Å². The minimum atomic E-state index is 0.0248. The Labute approximate surface area is 146 Å². The second-order valence-corrected chi connectivity index (χ2v) is 6.11. The minimum Gasteiger partial charge on any atom is -0.435 e. The molecule has 0 radical (unpaired) electrons. The van der Waals surface area contributed by atoms with Gasteiger partial charge in [0.2, 0.25) is 5.69 Å². The molecule has 1 aliphatic heterocycles. The quantitative estimate of drug-likeness (QED) is 0.529. The summed E-state index contributed by atoms with van der Waals surface area (Å²) in [6, 6.07) is 23.2. The van der Waals surface area contributed by atoms with Crippen LogP contribution in [0.4, 0.5) is 5.69 Å². The van der Waals surface area contributed by atoms with E-state index >= 15 is 0 Å². The van der Waals surface area contributed by atoms with Crippen molar-refractivity contribution < 1.29 is 14.1 Å². The number of benzene rings is 3. The number of hydrogen-bond donors (Lipinski definition) is 0. The monoisotopic (exact) mass is 328 g/mol. The normalized spacial score (nSPS) is 12.8. The fraction of sp³-hybridized carbons (Fsp3) is 0.0909. The van der Waals surface area contributed by atoms with E-state index in [0.29, 0.717) is 17.9 Å². The molecule has 0 bridgehead atoms. The zero-order valence-electron chi connectivity index (χ0n) is 14.0. The average Bonchev–Trinajstić information content (AvgIpc) is 2.68. The lowest BCUT2D eigenvalue weighted by Gasteiger charge is -2.16. The van der Waals surface area contributed by atoms with E-state index in [0.717, 1.165) is 22.6 Å². The van der Waals surface area contributed by atoms with Crippen molar-refractivity contribution in [1.29, 1.82) is 0 Å². The van der Waals surface area contributed by atoms with Crippen molar-refractivity contribution in [1.82, 2.24) is 0 Å². The summed E-state index contributed by atoms with van der Waals surface area (Å²) in [4.78, 5) is 12.8. The van der Waals surface area contributed by atoms with Gasteiger partial charge in [-0.05, 0) is 24.6 Å². The first-order valence-corrected chi connectivity index (χ1v) is 8.26. The maximum atomic E-state index is 12.8. The third-order valence-electron chi connectivity index (χ3n) is 4.33. The van der Waals surface area contributed by atoms with E-state index in [2.05, 4.69) is 0 Å². The molecule has 25 heavy (non-hydrogen) atoms. The van der Waals surface area contributed by atoms with Crippen molar-refractivity contribution in [2.45, 2.75) is 6.92 Å². The highest BCUT2D eigenvalue weighted by Crippen LogP contribution is 2.29. The van der Waals surface area contributed by atoms with Crippen molar-refractivity contribution in [2.75, 3.05) is 6.73 Å². The van der Waals surface area contributed by atoms with Crippen LogP contribution in [0, 0.1) is 6.92 Å². The molecule has 3 aromatic rings. The molecule has 1 heterocycles. The van der Waals surface area contributed by atoms with Crippen molar-refractivity contribution in [3.05, 3.63) is 95.1 Å². The highest BCUT2D eigenvalue weighted by Gasteiger charge is 2.22. The molecule has 0 spiro atoms. The SMILES string of the molecule is Cc1cc(C(=O)c2ccccc2)cc2c1OC[N+](c1ccccc1)=C2. The third kappa shape index (κ3) is 2.96. The van der Waals surface area contributed by atoms with Crippen LogP contribution in [-0.2, 0) is 0 Å². The molecular weight excluding hydrogens is 310 g/mol. The molecule has 0 saturated heterocycles. The Kier molecular flexibility index (Phi) is 3.90. The van der Waals surface area contributed by atoms with Gasteiger partial charge in [-0.3, -0.25) is 4.79 Å². The number of carbonyl (C=O) groups excluding carboxylic acids is 1. The lowest BCUT2D eigenvalue weighted by Crippen LogP contribution is -2.21. The Morgan fingerprint density at radius 3 is 2.32 bits per heavy atom. The van der Waals surface area contributed by atoms with Gasteiger partial charge in [0.1, 0.15) is 5.75 Å². The number of ether oxygens (including phenoxy) is 1. The summed E-state index contributed by atoms with van der Waals surface area (Å²) in [6.07, 6.45) is 2.04. The van der Waals surface area contributed by atoms with Crippen molar-refractivity contribution in [3.8, 4) is 5.75 Å². The highest BCUT2D eigenvalue weighted by molar-refractivity contribution is 6.10. The predicted octanol–water partition coefficient (Wildman–Crippen LogP) is 4.34. The Hall–Kier alpha value is -3.20. The number of rotatable bonds is 3. The van der Waals surface area contributed by atoms with Gasteiger partial charge >= 0.3 is 0 Å². The molecule has 0 aliphatic carbocycles. The Balaban J connectivity index is 1.77. The number of aryl methyl sites for hydroxylation is 1. The lowest BCUT2D eigenvalue weighted by atomic mass is 9.98. The molecule has 0 atom stereocenters. The second kappa shape index (κ2) is 6.36. The zero-order chi connectivity index (χ0) is 17.2. The van der Waals surface area contributed by atoms with Crippen LogP contribution in [0.5, 0.6) is 5.75 Å². The highest BCUT2D eigenvalue weighted by atomic mass is 16.5. The topological polar surface area (TPSA) is 29.3 Å². The Morgan fingerprint density at radius 1 is 0.920 bits per heavy atom. The maximum absolute atomic E-state index is 12.8. The maximum Gasteiger partial charge on any atom is 0.292 e. The van der Waals surface area contributed by atoms with Crippen LogP contribution in [0.2, 0.25) is 0 Å². The first kappa shape index (κ1) is 15.3. The summed E-state index contributed by atoms with van der Waals surface area (Å²) in [5.41, 5.74) is 4.33. The molecule has 0 aromatic heterocycles. The van der Waals surface area contributed by atoms with Gasteiger partial charge in [0.25, 0.3) is 6.73 Å². The van der Waals surface area contributed by atoms with E-state index in [4.69, 9.17) is 4.74 Å². The molecular formula is C22H18NO2+. The van der Waals surface area contributed by atoms with E-state index in [9.17, 15) is 4.79 Å². The summed E-state index contributed by atoms with van der Waals surface area (Å²) in [5, 5.41) is 0. The van der Waals surface area contributed by atoms with Crippen molar-refractivity contribution >= 4 is 17.7 Å². The van der Waals surface area contributed by atoms with Crippen LogP contribution in [-0.4, -0.2) is 23.3 Å². The van der Waals surface area contributed by atoms with Crippen LogP contribution in [0.1, 0.15) is 27.0 Å². The van der Waals surface area contributed by atoms with Gasteiger partial charge in [0, 0.05) is 23.3 Å². The standard InChI is InChI=1S/C22H18NO2/c1-16-12-18(21(24)17-8-4-2-5-9-17)13-19-14-23(15-25-22(16)19)20-10-6-3-7-11-20/h2-14H,15H2,1H3/q+1. The lowest BCUT2D eigenvalue weighted by molar-refractivity contribution is -0.476. The number of fused-ring (bicyclic) bond motifs is 1. The molecule has 1 aliphatic rings. The van der Waals surface area contributed by atoms with E-state index in [-0.39, 0.29) is 5.78 Å². The van der Waals surface area contributed by atoms with E-state index in [1.165, 1.54) is 0 Å². The number of para-hydroxylation sites is 1. The summed E-state index contributed by atoms with van der Waals surface area (Å²) in [6.45, 7) is 2.44. The summed E-state index contributed by atoms with van der Waals surface area (Å²) >= 11 is 0. The minimum absolute atomic E-state index is 0.0248. The number of nitrogens with zero attached hydrogens (tertiary/aromatic N) is 1.